The van der Waals surface area contributed by atoms with Crippen LogP contribution in [0.3, 0.4) is 0 Å². The van der Waals surface area contributed by atoms with E-state index in [0.29, 0.717) is 38.3 Å². The van der Waals surface area contributed by atoms with Crippen LogP contribution >= 0.6 is 9.24 Å². The highest BCUT2D eigenvalue weighted by atomic mass is 31.0. The van der Waals surface area contributed by atoms with E-state index >= 15 is 0 Å². The van der Waals surface area contributed by atoms with Crippen molar-refractivity contribution < 1.29 is 24.2 Å². The van der Waals surface area contributed by atoms with Gasteiger partial charge in [0.1, 0.15) is 6.04 Å². The lowest BCUT2D eigenvalue weighted by Gasteiger charge is -2.22. The Morgan fingerprint density at radius 1 is 1.09 bits per heavy atom. The predicted octanol–water partition coefficient (Wildman–Crippen LogP) is 1.18. The number of nitrogens with two attached hydrogens (primary N) is 2. The molecular weight excluding hydrogens is 445 g/mol. The number of anilines is 1. The van der Waals surface area contributed by atoms with Crippen LogP contribution in [0.4, 0.5) is 10.5 Å². The second-order valence-electron chi connectivity index (χ2n) is 7.09. The Morgan fingerprint density at radius 3 is 2.15 bits per heavy atom. The summed E-state index contributed by atoms with van der Waals surface area (Å²) in [5.41, 5.74) is 12.5. The Labute approximate surface area is 199 Å². The number of benzene rings is 1. The fraction of sp³-hybridized carbons (Fsp3) is 0.591. The molecule has 0 aliphatic heterocycles. The Hall–Kier alpha value is -2.26. The quantitative estimate of drug-likeness (QED) is 0.191. The monoisotopic (exact) mass is 487 g/mol. The van der Waals surface area contributed by atoms with Crippen molar-refractivity contribution in [1.29, 1.82) is 0 Å². The molecule has 11 heteroatoms. The minimum Gasteiger partial charge on any atom is -0.400 e. The maximum absolute atomic E-state index is 12.7. The number of rotatable bonds is 12. The molecule has 0 saturated carbocycles. The Morgan fingerprint density at radius 2 is 1.67 bits per heavy atom. The molecule has 3 atom stereocenters. The summed E-state index contributed by atoms with van der Waals surface area (Å²) < 4.78 is 5.35. The van der Waals surface area contributed by atoms with Crippen molar-refractivity contribution in [1.82, 2.24) is 10.6 Å². The van der Waals surface area contributed by atoms with E-state index in [1.165, 1.54) is 0 Å². The lowest BCUT2D eigenvalue weighted by atomic mass is 10.0. The first-order chi connectivity index (χ1) is 15.7. The van der Waals surface area contributed by atoms with E-state index in [9.17, 15) is 14.4 Å². The smallest absolute Gasteiger partial charge is 0.312 e. The molecule has 1 aromatic rings. The number of hydrogen-bond donors (Lipinski definition) is 6. The molecule has 0 fully saturated rings. The first kappa shape index (κ1) is 32.9. The maximum Gasteiger partial charge on any atom is 0.312 e. The van der Waals surface area contributed by atoms with E-state index in [1.54, 1.807) is 12.1 Å². The molecule has 33 heavy (non-hydrogen) atoms. The van der Waals surface area contributed by atoms with Crippen LogP contribution in [0, 0.1) is 5.92 Å². The van der Waals surface area contributed by atoms with Crippen molar-refractivity contribution in [3.8, 4) is 0 Å². The van der Waals surface area contributed by atoms with E-state index in [-0.39, 0.29) is 11.8 Å². The Bertz CT molecular complexity index is 674. The highest BCUT2D eigenvalue weighted by molar-refractivity contribution is 7.15. The molecule has 0 radical (unpaired) electrons. The number of carbonyl (C=O) groups is 3. The lowest BCUT2D eigenvalue weighted by molar-refractivity contribution is -0.128. The third-order valence-corrected chi connectivity index (χ3v) is 4.32. The van der Waals surface area contributed by atoms with Gasteiger partial charge in [0, 0.05) is 25.9 Å². The van der Waals surface area contributed by atoms with Crippen LogP contribution in [0.5, 0.6) is 0 Å². The van der Waals surface area contributed by atoms with Gasteiger partial charge >= 0.3 is 6.03 Å². The van der Waals surface area contributed by atoms with Gasteiger partial charge in [0.2, 0.25) is 11.8 Å². The summed E-state index contributed by atoms with van der Waals surface area (Å²) in [6.45, 7) is 8.94. The summed E-state index contributed by atoms with van der Waals surface area (Å²) in [6, 6.07) is 5.15. The molecule has 0 aliphatic carbocycles. The molecule has 0 aromatic heterocycles. The molecule has 0 heterocycles. The van der Waals surface area contributed by atoms with Crippen LogP contribution in [-0.4, -0.2) is 62.0 Å². The molecule has 8 N–H and O–H groups in total. The van der Waals surface area contributed by atoms with Gasteiger partial charge in [0.25, 0.3) is 0 Å². The average molecular weight is 488 g/mol. The van der Waals surface area contributed by atoms with Gasteiger partial charge in [0.05, 0.1) is 12.6 Å². The molecule has 1 rings (SSSR count). The minimum absolute atomic E-state index is 0.0619. The maximum atomic E-state index is 12.7. The molecule has 0 bridgehead atoms. The molecule has 3 unspecified atom stereocenters. The zero-order chi connectivity index (χ0) is 25.8. The van der Waals surface area contributed by atoms with E-state index in [1.807, 2.05) is 39.6 Å². The summed E-state index contributed by atoms with van der Waals surface area (Å²) in [5.74, 6) is -0.811. The summed E-state index contributed by atoms with van der Waals surface area (Å²) in [4.78, 5) is 35.8. The number of aliphatic hydroxyl groups excluding tert-OH is 1. The zero-order valence-corrected chi connectivity index (χ0v) is 21.5. The summed E-state index contributed by atoms with van der Waals surface area (Å²) >= 11 is 0. The topological polar surface area (TPSA) is 169 Å². The number of urea groups is 1. The van der Waals surface area contributed by atoms with Crippen LogP contribution in [0.1, 0.15) is 39.2 Å². The normalized spacial score (nSPS) is 11.7. The molecule has 0 aliphatic rings. The molecule has 10 nitrogen and oxygen atoms in total. The Balaban J connectivity index is 0. The van der Waals surface area contributed by atoms with Gasteiger partial charge < -0.3 is 37.3 Å². The SMILES string of the molecule is CCOCc1ccc(NC(=O)C(CCCNC(N)=O)NC(=O)C(N)C(C)C)cc1.CO.CP. The molecule has 1 aromatic carbocycles. The van der Waals surface area contributed by atoms with Crippen molar-refractivity contribution in [2.24, 2.45) is 17.4 Å². The molecular formula is C22H42N5O5P. The third-order valence-electron chi connectivity index (χ3n) is 4.32. The van der Waals surface area contributed by atoms with Gasteiger partial charge in [-0.15, -0.1) is 9.24 Å². The van der Waals surface area contributed by atoms with E-state index in [4.69, 9.17) is 21.3 Å². The lowest BCUT2D eigenvalue weighted by Crippen LogP contribution is -2.51. The first-order valence-electron chi connectivity index (χ1n) is 10.8. The number of carbonyl (C=O) groups excluding carboxylic acids is 3. The number of hydrogen-bond acceptors (Lipinski definition) is 6. The number of ether oxygens (including phenoxy) is 1. The molecule has 4 amide bonds. The zero-order valence-electron chi connectivity index (χ0n) is 20.4. The standard InChI is InChI=1S/C20H33N5O4.CH4O.CH5P/c1-4-29-12-14-7-9-15(10-8-14)24-18(26)16(6-5-11-23-20(22)28)25-19(27)17(21)13(2)3;2*1-2/h7-10,13,16-17H,4-6,11-12,21H2,1-3H3,(H,24,26)(H,25,27)(H3,22,23,28);2H,1H3;2H2,1H3. The van der Waals surface area contributed by atoms with Crippen LogP contribution in [0.25, 0.3) is 0 Å². The van der Waals surface area contributed by atoms with Crippen molar-refractivity contribution in [3.63, 3.8) is 0 Å². The number of primary amides is 1. The second kappa shape index (κ2) is 20.4. The Kier molecular flexibility index (Phi) is 20.3. The predicted molar refractivity (Wildman–Crippen MR) is 136 cm³/mol. The molecule has 0 spiro atoms. The van der Waals surface area contributed by atoms with Gasteiger partial charge in [-0.2, -0.15) is 0 Å². The van der Waals surface area contributed by atoms with E-state index in [0.717, 1.165) is 12.7 Å². The van der Waals surface area contributed by atoms with E-state index < -0.39 is 24.0 Å². The van der Waals surface area contributed by atoms with Crippen molar-refractivity contribution in [3.05, 3.63) is 29.8 Å². The third kappa shape index (κ3) is 15.2. The molecule has 0 saturated heterocycles. The van der Waals surface area contributed by atoms with Crippen molar-refractivity contribution in [2.45, 2.75) is 52.3 Å². The number of nitrogens with one attached hydrogen (secondary N) is 3. The van der Waals surface area contributed by atoms with Crippen molar-refractivity contribution in [2.75, 3.05) is 32.2 Å². The van der Waals surface area contributed by atoms with Crippen LogP contribution in [0.2, 0.25) is 0 Å². The highest BCUT2D eigenvalue weighted by Gasteiger charge is 2.25. The number of amides is 4. The van der Waals surface area contributed by atoms with Gasteiger partial charge in [-0.05, 0) is 43.4 Å². The number of aliphatic hydroxyl groups is 1. The average Bonchev–Trinajstić information content (AvgIpc) is 2.82. The first-order valence-corrected chi connectivity index (χ1v) is 12.0. The van der Waals surface area contributed by atoms with Crippen molar-refractivity contribution >= 4 is 32.8 Å². The fourth-order valence-electron chi connectivity index (χ4n) is 2.49. The van der Waals surface area contributed by atoms with Crippen LogP contribution < -0.4 is 27.4 Å². The van der Waals surface area contributed by atoms with Gasteiger partial charge in [0.15, 0.2) is 0 Å². The summed E-state index contributed by atoms with van der Waals surface area (Å²) in [7, 11) is 3.42. The van der Waals surface area contributed by atoms with E-state index in [2.05, 4.69) is 25.2 Å². The molecule has 190 valence electrons. The largest absolute Gasteiger partial charge is 0.400 e. The second-order valence-corrected chi connectivity index (χ2v) is 7.09. The van der Waals surface area contributed by atoms with Gasteiger partial charge in [-0.25, -0.2) is 4.79 Å². The minimum atomic E-state index is -0.787. The highest BCUT2D eigenvalue weighted by Crippen LogP contribution is 2.12. The van der Waals surface area contributed by atoms with Crippen LogP contribution in [0.15, 0.2) is 24.3 Å². The fourth-order valence-corrected chi connectivity index (χ4v) is 2.49. The summed E-state index contributed by atoms with van der Waals surface area (Å²) in [5, 5.41) is 15.0. The van der Waals surface area contributed by atoms with Crippen LogP contribution in [-0.2, 0) is 20.9 Å². The summed E-state index contributed by atoms with van der Waals surface area (Å²) in [6.07, 6.45) is 0.788. The van der Waals surface area contributed by atoms with Gasteiger partial charge in [-0.3, -0.25) is 9.59 Å². The van der Waals surface area contributed by atoms with Gasteiger partial charge in [-0.1, -0.05) is 32.6 Å².